The molecule has 1 aromatic heterocycles. The molecular formula is C11H17ClN4O3S2. The Morgan fingerprint density at radius 2 is 2.05 bits per heavy atom. The van der Waals surface area contributed by atoms with Gasteiger partial charge in [0.05, 0.1) is 5.38 Å². The van der Waals surface area contributed by atoms with Crippen molar-refractivity contribution in [3.8, 4) is 0 Å². The molecule has 2 atom stereocenters. The van der Waals surface area contributed by atoms with Crippen molar-refractivity contribution in [2.75, 3.05) is 12.4 Å². The monoisotopic (exact) mass is 352 g/mol. The van der Waals surface area contributed by atoms with Crippen LogP contribution >= 0.6 is 22.9 Å². The van der Waals surface area contributed by atoms with E-state index in [1.54, 1.807) is 0 Å². The van der Waals surface area contributed by atoms with Gasteiger partial charge < -0.3 is 5.32 Å². The minimum atomic E-state index is -3.74. The topological polar surface area (TPSA) is 92.3 Å². The van der Waals surface area contributed by atoms with Crippen molar-refractivity contribution in [1.82, 2.24) is 14.5 Å². The maximum absolute atomic E-state index is 12.5. The molecule has 0 aliphatic heterocycles. The van der Waals surface area contributed by atoms with E-state index in [4.69, 9.17) is 11.6 Å². The fraction of sp³-hybridized carbons (Fsp3) is 0.727. The molecule has 1 aromatic rings. The standard InChI is InChI=1S/C11H17ClN4O3S2/c1-7(17)13-10-14-15-11(20-10)21(18,19)16(2)9-6-4-3-5-8(9)12/h8-9H,3-6H2,1-2H3,(H,13,14,17). The first-order valence-electron chi connectivity index (χ1n) is 6.55. The molecule has 21 heavy (non-hydrogen) atoms. The highest BCUT2D eigenvalue weighted by Gasteiger charge is 2.36. The molecule has 118 valence electrons. The highest BCUT2D eigenvalue weighted by Crippen LogP contribution is 2.31. The van der Waals surface area contributed by atoms with E-state index >= 15 is 0 Å². The number of anilines is 1. The molecule has 1 heterocycles. The van der Waals surface area contributed by atoms with Crippen molar-refractivity contribution in [2.24, 2.45) is 0 Å². The van der Waals surface area contributed by atoms with Gasteiger partial charge >= 0.3 is 0 Å². The molecule has 7 nitrogen and oxygen atoms in total. The zero-order valence-corrected chi connectivity index (χ0v) is 14.1. The van der Waals surface area contributed by atoms with Crippen LogP contribution in [0.5, 0.6) is 0 Å². The smallest absolute Gasteiger partial charge is 0.272 e. The maximum Gasteiger partial charge on any atom is 0.272 e. The summed E-state index contributed by atoms with van der Waals surface area (Å²) in [7, 11) is -2.23. The van der Waals surface area contributed by atoms with E-state index < -0.39 is 10.0 Å². The van der Waals surface area contributed by atoms with Crippen LogP contribution in [-0.2, 0) is 14.8 Å². The molecular weight excluding hydrogens is 336 g/mol. The summed E-state index contributed by atoms with van der Waals surface area (Å²) >= 11 is 7.08. The number of hydrogen-bond donors (Lipinski definition) is 1. The zero-order chi connectivity index (χ0) is 15.6. The average molecular weight is 353 g/mol. The number of nitrogens with zero attached hydrogens (tertiary/aromatic N) is 3. The molecule has 1 amide bonds. The van der Waals surface area contributed by atoms with Crippen LogP contribution in [0.4, 0.5) is 5.13 Å². The second-order valence-corrected chi connectivity index (χ2v) is 8.65. The predicted molar refractivity (Wildman–Crippen MR) is 81.1 cm³/mol. The molecule has 2 rings (SSSR count). The molecule has 2 unspecified atom stereocenters. The number of sulfonamides is 1. The Bertz CT molecular complexity index is 619. The number of aromatic nitrogens is 2. The Balaban J connectivity index is 2.20. The number of halogens is 1. The maximum atomic E-state index is 12.5. The van der Waals surface area contributed by atoms with Crippen LogP contribution in [-0.4, -0.2) is 47.3 Å². The van der Waals surface area contributed by atoms with Crippen LogP contribution in [0.15, 0.2) is 4.34 Å². The van der Waals surface area contributed by atoms with Crippen molar-refractivity contribution in [2.45, 2.75) is 48.4 Å². The van der Waals surface area contributed by atoms with E-state index in [0.29, 0.717) is 0 Å². The number of hydrogen-bond acceptors (Lipinski definition) is 6. The molecule has 0 bridgehead atoms. The van der Waals surface area contributed by atoms with Gasteiger partial charge in [-0.1, -0.05) is 24.2 Å². The second-order valence-electron chi connectivity index (χ2n) is 4.94. The molecule has 0 saturated heterocycles. The molecule has 10 heteroatoms. The molecule has 0 aromatic carbocycles. The van der Waals surface area contributed by atoms with Crippen molar-refractivity contribution >= 4 is 44.0 Å². The van der Waals surface area contributed by atoms with Crippen LogP contribution in [0.2, 0.25) is 0 Å². The van der Waals surface area contributed by atoms with Crippen LogP contribution < -0.4 is 5.32 Å². The highest BCUT2D eigenvalue weighted by atomic mass is 35.5. The van der Waals surface area contributed by atoms with Gasteiger partial charge in [-0.25, -0.2) is 8.42 Å². The largest absolute Gasteiger partial charge is 0.301 e. The molecule has 1 N–H and O–H groups in total. The Kier molecular flexibility index (Phi) is 5.18. The fourth-order valence-corrected chi connectivity index (χ4v) is 5.34. The van der Waals surface area contributed by atoms with Gasteiger partial charge in [0.1, 0.15) is 0 Å². The van der Waals surface area contributed by atoms with E-state index in [2.05, 4.69) is 15.5 Å². The van der Waals surface area contributed by atoms with E-state index in [0.717, 1.165) is 37.0 Å². The van der Waals surface area contributed by atoms with E-state index in [-0.39, 0.29) is 26.8 Å². The quantitative estimate of drug-likeness (QED) is 0.657. The normalized spacial score (nSPS) is 23.2. The Labute approximate surface area is 132 Å². The van der Waals surface area contributed by atoms with Crippen LogP contribution in [0.25, 0.3) is 0 Å². The van der Waals surface area contributed by atoms with Gasteiger partial charge in [-0.2, -0.15) is 4.31 Å². The van der Waals surface area contributed by atoms with Crippen LogP contribution in [0, 0.1) is 0 Å². The van der Waals surface area contributed by atoms with Gasteiger partial charge in [0.2, 0.25) is 15.4 Å². The van der Waals surface area contributed by atoms with E-state index in [9.17, 15) is 13.2 Å². The molecule has 1 aliphatic carbocycles. The number of carbonyl (C=O) groups is 1. The van der Waals surface area contributed by atoms with Gasteiger partial charge in [-0.3, -0.25) is 4.79 Å². The minimum Gasteiger partial charge on any atom is -0.301 e. The summed E-state index contributed by atoms with van der Waals surface area (Å²) in [5, 5.41) is 9.73. The highest BCUT2D eigenvalue weighted by molar-refractivity contribution is 7.91. The summed E-state index contributed by atoms with van der Waals surface area (Å²) < 4.78 is 26.2. The lowest BCUT2D eigenvalue weighted by molar-refractivity contribution is -0.114. The van der Waals surface area contributed by atoms with Crippen molar-refractivity contribution in [1.29, 1.82) is 0 Å². The zero-order valence-electron chi connectivity index (χ0n) is 11.7. The van der Waals surface area contributed by atoms with Gasteiger partial charge in [-0.05, 0) is 12.8 Å². The number of nitrogens with one attached hydrogen (secondary N) is 1. The first kappa shape index (κ1) is 16.6. The average Bonchev–Trinajstić information content (AvgIpc) is 2.87. The lowest BCUT2D eigenvalue weighted by Gasteiger charge is -2.33. The third kappa shape index (κ3) is 3.71. The van der Waals surface area contributed by atoms with Crippen LogP contribution in [0.1, 0.15) is 32.6 Å². The van der Waals surface area contributed by atoms with Crippen molar-refractivity contribution in [3.63, 3.8) is 0 Å². The summed E-state index contributed by atoms with van der Waals surface area (Å²) in [6.07, 6.45) is 3.52. The minimum absolute atomic E-state index is 0.136. The second kappa shape index (κ2) is 6.55. The number of amides is 1. The summed E-state index contributed by atoms with van der Waals surface area (Å²) in [5.41, 5.74) is 0. The lowest BCUT2D eigenvalue weighted by Crippen LogP contribution is -2.44. The van der Waals surface area contributed by atoms with Gasteiger partial charge in [0, 0.05) is 20.0 Å². The van der Waals surface area contributed by atoms with E-state index in [1.807, 2.05) is 0 Å². The summed E-state index contributed by atoms with van der Waals surface area (Å²) in [6, 6.07) is -0.237. The molecule has 1 saturated carbocycles. The Morgan fingerprint density at radius 1 is 1.38 bits per heavy atom. The number of carbonyl (C=O) groups excluding carboxylic acids is 1. The lowest BCUT2D eigenvalue weighted by atomic mass is 9.95. The summed E-state index contributed by atoms with van der Waals surface area (Å²) in [4.78, 5) is 10.9. The third-order valence-electron chi connectivity index (χ3n) is 3.40. The predicted octanol–water partition coefficient (Wildman–Crippen LogP) is 1.67. The first-order chi connectivity index (χ1) is 9.82. The molecule has 0 radical (unpaired) electrons. The van der Waals surface area contributed by atoms with Crippen LogP contribution in [0.3, 0.4) is 0 Å². The first-order valence-corrected chi connectivity index (χ1v) is 9.25. The van der Waals surface area contributed by atoms with Crippen molar-refractivity contribution in [3.05, 3.63) is 0 Å². The van der Waals surface area contributed by atoms with E-state index in [1.165, 1.54) is 18.3 Å². The molecule has 0 spiro atoms. The number of alkyl halides is 1. The van der Waals surface area contributed by atoms with Gasteiger partial charge in [0.25, 0.3) is 10.0 Å². The molecule has 1 fully saturated rings. The van der Waals surface area contributed by atoms with Gasteiger partial charge in [0.15, 0.2) is 0 Å². The fourth-order valence-electron chi connectivity index (χ4n) is 2.29. The summed E-state index contributed by atoms with van der Waals surface area (Å²) in [6.45, 7) is 1.32. The number of rotatable bonds is 4. The SMILES string of the molecule is CC(=O)Nc1nnc(S(=O)(=O)N(C)C2CCCCC2Cl)s1. The van der Waals surface area contributed by atoms with Gasteiger partial charge in [-0.15, -0.1) is 21.8 Å². The summed E-state index contributed by atoms with van der Waals surface area (Å²) in [5.74, 6) is -0.323. The Morgan fingerprint density at radius 3 is 2.67 bits per heavy atom. The van der Waals surface area contributed by atoms with Crippen molar-refractivity contribution < 1.29 is 13.2 Å². The Hall–Kier alpha value is -0.770. The molecule has 1 aliphatic rings. The third-order valence-corrected chi connectivity index (χ3v) is 6.98.